The number of imidazole rings is 1. The highest BCUT2D eigenvalue weighted by Crippen LogP contribution is 2.43. The van der Waals surface area contributed by atoms with Crippen molar-refractivity contribution >= 4 is 73.3 Å². The van der Waals surface area contributed by atoms with Crippen molar-refractivity contribution in [2.45, 2.75) is 153 Å². The molecule has 0 radical (unpaired) electrons. The molecule has 21 saturated heterocycles. The maximum Gasteiger partial charge on any atom is 0.329 e. The number of aliphatic hydroxyl groups excluding tert-OH is 1. The van der Waals surface area contributed by atoms with Gasteiger partial charge < -0.3 is 45.1 Å². The predicted molar refractivity (Wildman–Crippen MR) is 544 cm³/mol. The van der Waals surface area contributed by atoms with E-state index in [9.17, 15) is 8.42 Å². The summed E-state index contributed by atoms with van der Waals surface area (Å²) < 4.78 is 38.4. The van der Waals surface area contributed by atoms with Gasteiger partial charge in [-0.25, -0.2) is 37.0 Å². The zero-order chi connectivity index (χ0) is 95.2. The first kappa shape index (κ1) is 101. The number of aromatic nitrogens is 20. The van der Waals surface area contributed by atoms with Gasteiger partial charge in [-0.1, -0.05) is 167 Å². The second kappa shape index (κ2) is 47.4. The topological polar surface area (TPSA) is 354 Å². The Morgan fingerprint density at radius 3 is 1.01 bits per heavy atom. The van der Waals surface area contributed by atoms with Gasteiger partial charge in [0.2, 0.25) is 0 Å². The Balaban J connectivity index is 0.000000110. The Hall–Kier alpha value is -9.75. The molecule has 7 aromatic heterocycles. The minimum atomic E-state index is -3.90. The van der Waals surface area contributed by atoms with Gasteiger partial charge in [0, 0.05) is 113 Å². The lowest BCUT2D eigenvalue weighted by molar-refractivity contribution is 0.0504. The number of piperidine rings is 21. The smallest absolute Gasteiger partial charge is 0.329 e. The normalized spacial score (nSPS) is 28.5. The molecule has 0 saturated carbocycles. The van der Waals surface area contributed by atoms with Gasteiger partial charge >= 0.3 is 10.2 Å². The molecule has 28 heterocycles. The van der Waals surface area contributed by atoms with Gasteiger partial charge in [-0.3, -0.25) is 0 Å². The van der Waals surface area contributed by atoms with Crippen LogP contribution in [0, 0.1) is 60.7 Å². The lowest BCUT2D eigenvalue weighted by Gasteiger charge is -2.44. The van der Waals surface area contributed by atoms with Gasteiger partial charge in [0.1, 0.15) is 34.8 Å². The van der Waals surface area contributed by atoms with Crippen LogP contribution < -0.4 is 5.73 Å². The van der Waals surface area contributed by atoms with E-state index in [0.29, 0.717) is 56.3 Å². The van der Waals surface area contributed by atoms with Crippen molar-refractivity contribution in [3.8, 4) is 68.6 Å². The van der Waals surface area contributed by atoms with Crippen LogP contribution in [-0.2, 0) is 16.8 Å². The molecule has 0 amide bonds. The highest BCUT2D eigenvalue weighted by molar-refractivity contribution is 9.10. The van der Waals surface area contributed by atoms with Gasteiger partial charge in [-0.15, -0.1) is 55.3 Å². The number of aryl methyl sites for hydroxylation is 1. The van der Waals surface area contributed by atoms with Crippen LogP contribution in [-0.4, -0.2) is 290 Å². The average Bonchev–Trinajstić information content (AvgIpc) is 1.76. The van der Waals surface area contributed by atoms with Crippen LogP contribution in [0.15, 0.2) is 186 Å². The quantitative estimate of drug-likeness (QED) is 0.0442. The summed E-state index contributed by atoms with van der Waals surface area (Å²) in [5.41, 5.74) is 25.7. The molecule has 12 aromatic rings. The van der Waals surface area contributed by atoms with E-state index in [1.807, 2.05) is 109 Å². The first-order valence-corrected chi connectivity index (χ1v) is 52.3. The van der Waals surface area contributed by atoms with Crippen molar-refractivity contribution in [3.05, 3.63) is 218 Å². The summed E-state index contributed by atoms with van der Waals surface area (Å²) in [6.07, 6.45) is 38.8. The molecule has 0 spiro atoms. The van der Waals surface area contributed by atoms with Crippen LogP contribution in [0.5, 0.6) is 0 Å². The van der Waals surface area contributed by atoms with Crippen molar-refractivity contribution in [2.24, 2.45) is 51.7 Å². The maximum atomic E-state index is 10.8. The molecule has 7 atom stereocenters. The molecule has 21 fully saturated rings. The number of hydrogen-bond donors (Lipinski definition) is 2. The third kappa shape index (κ3) is 25.3. The SMILES string of the molecule is Brc1ccc(-c2cn([C@H]3CN4CCC3CC4)nn2)cc1.C#CC.Cc1cn(C2CN3CCC2CC3)nn1.Cl.Clc1ccc(-c2cn([C@H]3CN4CCC3CC4)nn2)cc1.Clc1ccc(-c2cn([C@H]3CN4CCC3CC4)nn2)cc1Cl.NC1CN2CCC1CC2.OCc1ccc(-c2cn([C@H]3CN4CCC3CC4)nn2)cc1.[N-]=[N+]=NS(=O)(=O)n1ccnc1.c1ccc(-c2cn([C@H]3CN4CCC3CC4)nn2)cc1. The Morgan fingerprint density at radius 1 is 0.432 bits per heavy atom. The molecule has 0 aliphatic carbocycles. The largest absolute Gasteiger partial charge is 0.392 e. The van der Waals surface area contributed by atoms with E-state index < -0.39 is 10.2 Å². The number of fused-ring (bicyclic) bond motifs is 21. The van der Waals surface area contributed by atoms with Gasteiger partial charge in [0.05, 0.1) is 94.1 Å². The summed E-state index contributed by atoms with van der Waals surface area (Å²) in [7, 11) is -3.90. The molecule has 5 aromatic carbocycles. The first-order valence-electron chi connectivity index (χ1n) is 49.0. The van der Waals surface area contributed by atoms with Crippen LogP contribution in [0.1, 0.15) is 144 Å². The maximum absolute atomic E-state index is 10.8. The van der Waals surface area contributed by atoms with Crippen LogP contribution in [0.25, 0.3) is 66.7 Å². The van der Waals surface area contributed by atoms with E-state index in [0.717, 1.165) is 164 Å². The molecule has 40 heteroatoms. The van der Waals surface area contributed by atoms with Crippen LogP contribution in [0.4, 0.5) is 0 Å². The fraction of sp³-hybridized carbons (Fsp3) is 0.525. The second-order valence-corrected chi connectivity index (χ2v) is 42.6. The van der Waals surface area contributed by atoms with Gasteiger partial charge in [0.25, 0.3) is 0 Å². The zero-order valence-corrected chi connectivity index (χ0v) is 84.4. The van der Waals surface area contributed by atoms with Crippen molar-refractivity contribution < 1.29 is 13.5 Å². The molecule has 2 unspecified atom stereocenters. The summed E-state index contributed by atoms with van der Waals surface area (Å²) in [6.45, 7) is 29.3. The van der Waals surface area contributed by atoms with Gasteiger partial charge in [0.15, 0.2) is 0 Å². The summed E-state index contributed by atoms with van der Waals surface area (Å²) in [6, 6.07) is 43.3. The number of terminal acetylenes is 1. The molecule has 34 nitrogen and oxygen atoms in total. The molecule has 14 bridgehead atoms. The Morgan fingerprint density at radius 2 is 0.734 bits per heavy atom. The van der Waals surface area contributed by atoms with E-state index >= 15 is 0 Å². The van der Waals surface area contributed by atoms with Crippen molar-refractivity contribution in [1.29, 1.82) is 0 Å². The Bertz CT molecular complexity index is 5970. The Labute approximate surface area is 843 Å². The van der Waals surface area contributed by atoms with Crippen LogP contribution in [0.2, 0.25) is 15.1 Å². The van der Waals surface area contributed by atoms with Crippen molar-refractivity contribution in [3.63, 3.8) is 0 Å². The first-order chi connectivity index (χ1) is 67.3. The van der Waals surface area contributed by atoms with E-state index in [1.54, 1.807) is 13.0 Å². The molecule has 33 rings (SSSR count). The number of hydrogen-bond acceptors (Lipinski definition) is 24. The summed E-state index contributed by atoms with van der Waals surface area (Å²) in [5, 5.41) is 62.7. The Kier molecular flexibility index (Phi) is 34.4. The minimum Gasteiger partial charge on any atom is -0.392 e. The number of nitrogens with zero attached hydrogens (tertiary/aromatic N) is 30. The number of aliphatic hydroxyl groups is 1. The number of rotatable bonds is 14. The summed E-state index contributed by atoms with van der Waals surface area (Å²) in [4.78, 5) is 23.3. The minimum absolute atomic E-state index is 0. The molecule has 21 aliphatic heterocycles. The predicted octanol–water partition coefficient (Wildman–Crippen LogP) is 15.5. The van der Waals surface area contributed by atoms with Crippen LogP contribution in [0.3, 0.4) is 0 Å². The van der Waals surface area contributed by atoms with Crippen molar-refractivity contribution in [2.75, 3.05) is 137 Å². The fourth-order valence-electron chi connectivity index (χ4n) is 22.6. The summed E-state index contributed by atoms with van der Waals surface area (Å²) in [5.74, 6) is 7.75. The lowest BCUT2D eigenvalue weighted by atomic mass is 9.84. The van der Waals surface area contributed by atoms with Crippen molar-refractivity contribution in [1.82, 2.24) is 133 Å². The van der Waals surface area contributed by atoms with E-state index in [-0.39, 0.29) is 19.0 Å². The third-order valence-electron chi connectivity index (χ3n) is 30.5. The average molecular weight is 2050 g/mol. The van der Waals surface area contributed by atoms with E-state index in [1.165, 1.54) is 200 Å². The zero-order valence-electron chi connectivity index (χ0n) is 78.9. The monoisotopic (exact) mass is 2050 g/mol. The molecule has 21 aliphatic rings. The second-order valence-electron chi connectivity index (χ2n) is 39.0. The van der Waals surface area contributed by atoms with Crippen LogP contribution >= 0.6 is 63.1 Å². The highest BCUT2D eigenvalue weighted by Gasteiger charge is 2.42. The molecular weight excluding hydrogens is 1930 g/mol. The number of nitrogens with two attached hydrogens (primary N) is 1. The standard InChI is InChI=1S/C16H20N4O.C15H17BrN4.C15H16Cl2N4.C15H17ClN4.C15H18N4.C10H16N4.C7H14N2.C3H3N5O2S.C3H4.ClH/c21-11-12-1-3-13(4-2-12)15-9-20(18-17-15)16-10-19-7-5-14(16)6-8-19;16-13-3-1-11(2-4-13)14-9-20(18-17-14)15-10-19-7-5-12(15)6-8-19;16-12-2-1-11(7-13(12)17)14-8-21(19-18-14)15-9-20-5-3-10(15)4-6-20;16-13-3-1-11(2-4-13)14-9-20(18-17-14)15-10-19-7-5-12(15)6-8-19;1-2-4-12(5-3-1)14-10-19(17-16-14)15-11-18-8-6-13(15)7-9-18;1-8-6-14(12-11-8)10-7-13-4-2-9(10)3-5-13;8-7-5-9-3-1-6(7)2-4-9;4-6-7-11(9,10)8-2-1-5-3-8;1-3-2;/h1-4,9,14,16,21H,5-8,10-11H2;1-4,9,12,15H,5-8,10H2;1-2,7-8,10,15H,3-6,9H2;1-4,9,12,15H,5-8,10H2;1-5,10,13,15H,6-9,11H2;6,9-10H,2-5,7H2,1H3;6-7H,1-5,8H2;1-3H;1H,2H3;1H/t16-;4*15-;;;;;/m00000...../s1. The molecular formula is C99H126BrCl4N31O3S. The number of benzene rings is 5. The van der Waals surface area contributed by atoms with Gasteiger partial charge in [-0.2, -0.15) is 8.42 Å². The van der Waals surface area contributed by atoms with E-state index in [2.05, 4.69) is 218 Å². The number of azide groups is 1. The summed E-state index contributed by atoms with van der Waals surface area (Å²) >= 11 is 21.4. The molecule has 3 N–H and O–H groups in total. The number of halogens is 5. The highest BCUT2D eigenvalue weighted by atomic mass is 79.9. The van der Waals surface area contributed by atoms with E-state index in [4.69, 9.17) is 51.2 Å². The van der Waals surface area contributed by atoms with Gasteiger partial charge in [-0.05, 0) is 284 Å². The third-order valence-corrected chi connectivity index (χ3v) is 33.1. The molecule has 736 valence electrons. The lowest BCUT2D eigenvalue weighted by Crippen LogP contribution is -2.54. The fourth-order valence-corrected chi connectivity index (χ4v) is 23.8. The molecule has 139 heavy (non-hydrogen) atoms.